The zero-order valence-electron chi connectivity index (χ0n) is 12.6. The van der Waals surface area contributed by atoms with E-state index in [-0.39, 0.29) is 17.4 Å². The molecule has 0 fully saturated rings. The highest BCUT2D eigenvalue weighted by Crippen LogP contribution is 2.23. The van der Waals surface area contributed by atoms with Gasteiger partial charge in [0.05, 0.1) is 5.56 Å². The second kappa shape index (κ2) is 7.07. The summed E-state index contributed by atoms with van der Waals surface area (Å²) in [6, 6.07) is 5.15. The third kappa shape index (κ3) is 3.45. The first-order valence-electron chi connectivity index (χ1n) is 7.42. The SMILES string of the molecule is C=CCC(CC=C)C(=O)N1CCc2ccc(C(=O)O)cc2C1. The number of carbonyl (C=O) groups excluding carboxylic acids is 1. The Kier molecular flexibility index (Phi) is 5.15. The number of aromatic carboxylic acids is 1. The molecule has 0 saturated carbocycles. The number of fused-ring (bicyclic) bond motifs is 1. The van der Waals surface area contributed by atoms with Crippen molar-refractivity contribution in [3.63, 3.8) is 0 Å². The maximum absolute atomic E-state index is 12.6. The van der Waals surface area contributed by atoms with Crippen LogP contribution in [0.15, 0.2) is 43.5 Å². The Labute approximate surface area is 130 Å². The molecule has 2 rings (SSSR count). The molecule has 1 amide bonds. The third-order valence-electron chi connectivity index (χ3n) is 4.03. The normalized spacial score (nSPS) is 13.6. The Morgan fingerprint density at radius 1 is 1.23 bits per heavy atom. The van der Waals surface area contributed by atoms with Crippen LogP contribution in [0, 0.1) is 5.92 Å². The van der Waals surface area contributed by atoms with Gasteiger partial charge in [0, 0.05) is 19.0 Å². The molecule has 0 atom stereocenters. The summed E-state index contributed by atoms with van der Waals surface area (Å²) in [7, 11) is 0. The molecule has 1 aliphatic rings. The van der Waals surface area contributed by atoms with Crippen LogP contribution in [0.4, 0.5) is 0 Å². The van der Waals surface area contributed by atoms with Crippen molar-refractivity contribution in [1.82, 2.24) is 4.90 Å². The first kappa shape index (κ1) is 16.0. The molecule has 22 heavy (non-hydrogen) atoms. The number of hydrogen-bond acceptors (Lipinski definition) is 2. The molecule has 1 aliphatic heterocycles. The highest BCUT2D eigenvalue weighted by Gasteiger charge is 2.26. The average molecular weight is 299 g/mol. The van der Waals surface area contributed by atoms with Crippen LogP contribution in [-0.2, 0) is 17.8 Å². The zero-order valence-corrected chi connectivity index (χ0v) is 12.6. The van der Waals surface area contributed by atoms with E-state index in [0.29, 0.717) is 25.9 Å². The van der Waals surface area contributed by atoms with E-state index in [1.54, 1.807) is 24.3 Å². The highest BCUT2D eigenvalue weighted by atomic mass is 16.4. The molecule has 0 aliphatic carbocycles. The summed E-state index contributed by atoms with van der Waals surface area (Å²) < 4.78 is 0. The van der Waals surface area contributed by atoms with Gasteiger partial charge in [0.2, 0.25) is 5.91 Å². The number of carbonyl (C=O) groups is 2. The molecule has 1 aromatic carbocycles. The van der Waals surface area contributed by atoms with Crippen molar-refractivity contribution in [3.05, 3.63) is 60.2 Å². The molecule has 4 heteroatoms. The van der Waals surface area contributed by atoms with Gasteiger partial charge >= 0.3 is 5.97 Å². The minimum absolute atomic E-state index is 0.0891. The van der Waals surface area contributed by atoms with Gasteiger partial charge in [-0.2, -0.15) is 0 Å². The quantitative estimate of drug-likeness (QED) is 0.821. The molecule has 0 aromatic heterocycles. The monoisotopic (exact) mass is 299 g/mol. The molecule has 0 bridgehead atoms. The largest absolute Gasteiger partial charge is 0.478 e. The smallest absolute Gasteiger partial charge is 0.335 e. The van der Waals surface area contributed by atoms with E-state index < -0.39 is 5.97 Å². The summed E-state index contributed by atoms with van der Waals surface area (Å²) >= 11 is 0. The average Bonchev–Trinajstić information content (AvgIpc) is 2.52. The summed E-state index contributed by atoms with van der Waals surface area (Å²) in [5.74, 6) is -0.979. The number of allylic oxidation sites excluding steroid dienone is 2. The van der Waals surface area contributed by atoms with Gasteiger partial charge in [-0.3, -0.25) is 4.79 Å². The summed E-state index contributed by atoms with van der Waals surface area (Å²) in [6.45, 7) is 8.56. The third-order valence-corrected chi connectivity index (χ3v) is 4.03. The van der Waals surface area contributed by atoms with Gasteiger partial charge in [0.15, 0.2) is 0 Å². The lowest BCUT2D eigenvalue weighted by atomic mass is 9.94. The van der Waals surface area contributed by atoms with Crippen molar-refractivity contribution < 1.29 is 14.7 Å². The number of benzene rings is 1. The van der Waals surface area contributed by atoms with Gasteiger partial charge in [0.1, 0.15) is 0 Å². The van der Waals surface area contributed by atoms with Crippen molar-refractivity contribution in [2.75, 3.05) is 6.54 Å². The molecule has 1 aromatic rings. The summed E-state index contributed by atoms with van der Waals surface area (Å²) in [4.78, 5) is 25.5. The van der Waals surface area contributed by atoms with Gasteiger partial charge in [-0.05, 0) is 42.5 Å². The van der Waals surface area contributed by atoms with Gasteiger partial charge in [0.25, 0.3) is 0 Å². The van der Waals surface area contributed by atoms with Crippen molar-refractivity contribution >= 4 is 11.9 Å². The van der Waals surface area contributed by atoms with Gasteiger partial charge in [-0.1, -0.05) is 18.2 Å². The number of carboxylic acid groups (broad SMARTS) is 1. The van der Waals surface area contributed by atoms with E-state index in [9.17, 15) is 9.59 Å². The molecule has 0 unspecified atom stereocenters. The van der Waals surface area contributed by atoms with Crippen molar-refractivity contribution in [1.29, 1.82) is 0 Å². The van der Waals surface area contributed by atoms with Crippen LogP contribution in [0.3, 0.4) is 0 Å². The van der Waals surface area contributed by atoms with Crippen molar-refractivity contribution in [2.24, 2.45) is 5.92 Å². The van der Waals surface area contributed by atoms with Crippen LogP contribution in [0.25, 0.3) is 0 Å². The fourth-order valence-electron chi connectivity index (χ4n) is 2.84. The minimum Gasteiger partial charge on any atom is -0.478 e. The van der Waals surface area contributed by atoms with E-state index in [0.717, 1.165) is 17.5 Å². The van der Waals surface area contributed by atoms with Crippen LogP contribution in [0.5, 0.6) is 0 Å². The Hall–Kier alpha value is -2.36. The molecule has 1 N–H and O–H groups in total. The summed E-state index contributed by atoms with van der Waals surface area (Å²) in [6.07, 6.45) is 5.53. The second-order valence-corrected chi connectivity index (χ2v) is 5.54. The molecule has 0 saturated heterocycles. The number of amides is 1. The molecular formula is C18H21NO3. The van der Waals surface area contributed by atoms with E-state index in [1.165, 1.54) is 0 Å². The topological polar surface area (TPSA) is 57.6 Å². The fourth-order valence-corrected chi connectivity index (χ4v) is 2.84. The van der Waals surface area contributed by atoms with Crippen LogP contribution in [0.1, 0.15) is 34.3 Å². The van der Waals surface area contributed by atoms with Gasteiger partial charge in [-0.25, -0.2) is 4.79 Å². The van der Waals surface area contributed by atoms with E-state index in [2.05, 4.69) is 13.2 Å². The second-order valence-electron chi connectivity index (χ2n) is 5.54. The summed E-state index contributed by atoms with van der Waals surface area (Å²) in [5.41, 5.74) is 2.32. The first-order valence-corrected chi connectivity index (χ1v) is 7.42. The molecular weight excluding hydrogens is 278 g/mol. The highest BCUT2D eigenvalue weighted by molar-refractivity contribution is 5.88. The predicted molar refractivity (Wildman–Crippen MR) is 85.6 cm³/mol. The Bertz CT molecular complexity index is 596. The van der Waals surface area contributed by atoms with Crippen LogP contribution in [0.2, 0.25) is 0 Å². The van der Waals surface area contributed by atoms with Crippen LogP contribution >= 0.6 is 0 Å². The first-order chi connectivity index (χ1) is 10.6. The molecule has 4 nitrogen and oxygen atoms in total. The maximum Gasteiger partial charge on any atom is 0.335 e. The van der Waals surface area contributed by atoms with Crippen LogP contribution < -0.4 is 0 Å². The van der Waals surface area contributed by atoms with E-state index in [4.69, 9.17) is 5.11 Å². The lowest BCUT2D eigenvalue weighted by Crippen LogP contribution is -2.39. The Morgan fingerprint density at radius 3 is 2.50 bits per heavy atom. The molecule has 0 radical (unpaired) electrons. The minimum atomic E-state index is -0.942. The van der Waals surface area contributed by atoms with E-state index >= 15 is 0 Å². The number of hydrogen-bond donors (Lipinski definition) is 1. The van der Waals surface area contributed by atoms with E-state index in [1.807, 2.05) is 11.0 Å². The Balaban J connectivity index is 2.17. The number of nitrogens with zero attached hydrogens (tertiary/aromatic N) is 1. The standard InChI is InChI=1S/C18H21NO3/c1-3-5-14(6-4-2)17(20)19-10-9-13-7-8-15(18(21)22)11-16(13)12-19/h3-4,7-8,11,14H,1-2,5-6,9-10,12H2,(H,21,22). The van der Waals surface area contributed by atoms with Crippen LogP contribution in [-0.4, -0.2) is 28.4 Å². The molecule has 116 valence electrons. The van der Waals surface area contributed by atoms with Gasteiger partial charge < -0.3 is 10.0 Å². The zero-order chi connectivity index (χ0) is 16.1. The fraction of sp³-hybridized carbons (Fsp3) is 0.333. The van der Waals surface area contributed by atoms with Crippen molar-refractivity contribution in [3.8, 4) is 0 Å². The number of carboxylic acids is 1. The lowest BCUT2D eigenvalue weighted by Gasteiger charge is -2.31. The lowest BCUT2D eigenvalue weighted by molar-refractivity contribution is -0.136. The summed E-state index contributed by atoms with van der Waals surface area (Å²) in [5, 5.41) is 9.09. The molecule has 0 spiro atoms. The predicted octanol–water partition coefficient (Wildman–Crippen LogP) is 3.04. The maximum atomic E-state index is 12.6. The molecule has 1 heterocycles. The van der Waals surface area contributed by atoms with Crippen molar-refractivity contribution in [2.45, 2.75) is 25.8 Å². The van der Waals surface area contributed by atoms with Gasteiger partial charge in [-0.15, -0.1) is 13.2 Å². The number of rotatable bonds is 6. The Morgan fingerprint density at radius 2 is 1.91 bits per heavy atom.